The molecule has 2 rings (SSSR count). The van der Waals surface area contributed by atoms with Crippen molar-refractivity contribution in [2.24, 2.45) is 10.7 Å². The summed E-state index contributed by atoms with van der Waals surface area (Å²) in [5.74, 6) is 1.27. The van der Waals surface area contributed by atoms with E-state index in [1.54, 1.807) is 7.11 Å². The minimum absolute atomic E-state index is 0.144. The Morgan fingerprint density at radius 2 is 1.72 bits per heavy atom. The van der Waals surface area contributed by atoms with Crippen molar-refractivity contribution in [1.82, 2.24) is 4.90 Å². The molecule has 5 heteroatoms. The molecule has 25 heavy (non-hydrogen) atoms. The number of guanidine groups is 1. The number of likely N-dealkylation sites (N-methyl/N-ethyl adjacent to an activating group) is 1. The number of rotatable bonds is 6. The average Bonchev–Trinajstić information content (AvgIpc) is 2.54. The Balaban J connectivity index is 2.09. The van der Waals surface area contributed by atoms with Gasteiger partial charge in [0.1, 0.15) is 5.75 Å². The van der Waals surface area contributed by atoms with Crippen LogP contribution in [-0.4, -0.2) is 38.6 Å². The van der Waals surface area contributed by atoms with E-state index in [0.717, 1.165) is 11.4 Å². The average molecular weight is 340 g/mol. The first kappa shape index (κ1) is 18.8. The molecule has 0 amide bonds. The predicted octanol–water partition coefficient (Wildman–Crippen LogP) is 3.34. The molecule has 2 aromatic carbocycles. The van der Waals surface area contributed by atoms with E-state index in [0.29, 0.717) is 12.5 Å². The van der Waals surface area contributed by atoms with E-state index in [1.165, 1.54) is 16.7 Å². The van der Waals surface area contributed by atoms with E-state index in [1.807, 2.05) is 26.2 Å². The van der Waals surface area contributed by atoms with Gasteiger partial charge in [-0.15, -0.1) is 0 Å². The number of aliphatic imine (C=N–C) groups is 1. The maximum absolute atomic E-state index is 6.08. The number of nitrogens with one attached hydrogen (secondary N) is 1. The molecule has 0 aliphatic rings. The Hall–Kier alpha value is -2.53. The zero-order valence-corrected chi connectivity index (χ0v) is 15.7. The van der Waals surface area contributed by atoms with Gasteiger partial charge in [0.05, 0.1) is 19.7 Å². The van der Waals surface area contributed by atoms with Crippen LogP contribution < -0.4 is 15.8 Å². The van der Waals surface area contributed by atoms with E-state index >= 15 is 0 Å². The molecule has 5 nitrogen and oxygen atoms in total. The Morgan fingerprint density at radius 3 is 2.24 bits per heavy atom. The van der Waals surface area contributed by atoms with Crippen molar-refractivity contribution in [1.29, 1.82) is 0 Å². The fourth-order valence-electron chi connectivity index (χ4n) is 2.81. The SMILES string of the molecule is COc1ccc(C(CN=C(N)Nc2cc(C)cc(C)c2)N(C)C)cc1. The van der Waals surface area contributed by atoms with Gasteiger partial charge in [-0.1, -0.05) is 18.2 Å². The number of benzene rings is 2. The Kier molecular flexibility index (Phi) is 6.42. The van der Waals surface area contributed by atoms with Crippen LogP contribution in [0, 0.1) is 13.8 Å². The van der Waals surface area contributed by atoms with Gasteiger partial charge in [0, 0.05) is 5.69 Å². The van der Waals surface area contributed by atoms with E-state index in [2.05, 4.69) is 59.4 Å². The number of ether oxygens (including phenoxy) is 1. The summed E-state index contributed by atoms with van der Waals surface area (Å²) in [6.45, 7) is 4.71. The minimum Gasteiger partial charge on any atom is -0.497 e. The Labute approximate surface area is 150 Å². The number of aryl methyl sites for hydroxylation is 2. The number of nitrogens with two attached hydrogens (primary N) is 1. The lowest BCUT2D eigenvalue weighted by molar-refractivity contribution is 0.306. The molecule has 2 aromatic rings. The molecule has 0 aromatic heterocycles. The molecule has 3 N–H and O–H groups in total. The number of hydrogen-bond donors (Lipinski definition) is 2. The van der Waals surface area contributed by atoms with Crippen molar-refractivity contribution in [3.63, 3.8) is 0 Å². The maximum Gasteiger partial charge on any atom is 0.193 e. The smallest absolute Gasteiger partial charge is 0.193 e. The van der Waals surface area contributed by atoms with Gasteiger partial charge < -0.3 is 20.7 Å². The number of hydrogen-bond acceptors (Lipinski definition) is 3. The first-order valence-corrected chi connectivity index (χ1v) is 8.34. The van der Waals surface area contributed by atoms with Crippen LogP contribution in [0.25, 0.3) is 0 Å². The van der Waals surface area contributed by atoms with Crippen LogP contribution in [0.2, 0.25) is 0 Å². The third-order valence-corrected chi connectivity index (χ3v) is 4.05. The van der Waals surface area contributed by atoms with Crippen LogP contribution in [0.1, 0.15) is 22.7 Å². The predicted molar refractivity (Wildman–Crippen MR) is 105 cm³/mol. The van der Waals surface area contributed by atoms with E-state index in [9.17, 15) is 0 Å². The molecule has 0 aliphatic carbocycles. The molecule has 0 saturated heterocycles. The maximum atomic E-state index is 6.08. The van der Waals surface area contributed by atoms with Gasteiger partial charge in [-0.05, 0) is 68.9 Å². The fourth-order valence-corrected chi connectivity index (χ4v) is 2.81. The summed E-state index contributed by atoms with van der Waals surface area (Å²) < 4.78 is 5.22. The summed E-state index contributed by atoms with van der Waals surface area (Å²) in [5.41, 5.74) is 10.6. The summed E-state index contributed by atoms with van der Waals surface area (Å²) in [7, 11) is 5.75. The van der Waals surface area contributed by atoms with Crippen LogP contribution in [0.5, 0.6) is 5.75 Å². The van der Waals surface area contributed by atoms with Gasteiger partial charge in [-0.3, -0.25) is 4.99 Å². The van der Waals surface area contributed by atoms with E-state index in [4.69, 9.17) is 10.5 Å². The second kappa shape index (κ2) is 8.53. The Morgan fingerprint density at radius 1 is 1.12 bits per heavy atom. The van der Waals surface area contributed by atoms with Crippen molar-refractivity contribution in [2.45, 2.75) is 19.9 Å². The van der Waals surface area contributed by atoms with Gasteiger partial charge in [0.2, 0.25) is 0 Å². The normalized spacial score (nSPS) is 13.0. The highest BCUT2D eigenvalue weighted by atomic mass is 16.5. The highest BCUT2D eigenvalue weighted by Gasteiger charge is 2.14. The third-order valence-electron chi connectivity index (χ3n) is 4.05. The quantitative estimate of drug-likeness (QED) is 0.625. The second-order valence-corrected chi connectivity index (χ2v) is 6.48. The zero-order valence-electron chi connectivity index (χ0n) is 15.7. The van der Waals surface area contributed by atoms with Crippen LogP contribution in [0.3, 0.4) is 0 Å². The second-order valence-electron chi connectivity index (χ2n) is 6.48. The molecule has 0 heterocycles. The van der Waals surface area contributed by atoms with Crippen molar-refractivity contribution in [3.05, 3.63) is 59.2 Å². The standard InChI is InChI=1S/C20H28N4O/c1-14-10-15(2)12-17(11-14)23-20(21)22-13-19(24(3)4)16-6-8-18(25-5)9-7-16/h6-12,19H,13H2,1-5H3,(H3,21,22,23). The largest absolute Gasteiger partial charge is 0.497 e. The van der Waals surface area contributed by atoms with Gasteiger partial charge in [-0.2, -0.15) is 0 Å². The van der Waals surface area contributed by atoms with E-state index < -0.39 is 0 Å². The van der Waals surface area contributed by atoms with Crippen LogP contribution in [0.15, 0.2) is 47.5 Å². The van der Waals surface area contributed by atoms with E-state index in [-0.39, 0.29) is 6.04 Å². The van der Waals surface area contributed by atoms with Gasteiger partial charge in [-0.25, -0.2) is 0 Å². The molecular weight excluding hydrogens is 312 g/mol. The summed E-state index contributed by atoms with van der Waals surface area (Å²) in [4.78, 5) is 6.66. The van der Waals surface area contributed by atoms with Crippen molar-refractivity contribution in [2.75, 3.05) is 33.1 Å². The lowest BCUT2D eigenvalue weighted by Crippen LogP contribution is -2.27. The third kappa shape index (κ3) is 5.50. The molecule has 0 fully saturated rings. The van der Waals surface area contributed by atoms with Gasteiger partial charge in [0.25, 0.3) is 0 Å². The first-order chi connectivity index (χ1) is 11.9. The number of anilines is 1. The fraction of sp³-hybridized carbons (Fsp3) is 0.350. The highest BCUT2D eigenvalue weighted by molar-refractivity contribution is 5.92. The topological polar surface area (TPSA) is 62.9 Å². The molecular formula is C20H28N4O. The first-order valence-electron chi connectivity index (χ1n) is 8.34. The molecule has 0 bridgehead atoms. The number of nitrogens with zero attached hydrogens (tertiary/aromatic N) is 2. The summed E-state index contributed by atoms with van der Waals surface area (Å²) in [6.07, 6.45) is 0. The monoisotopic (exact) mass is 340 g/mol. The van der Waals surface area contributed by atoms with Gasteiger partial charge >= 0.3 is 0 Å². The lowest BCUT2D eigenvalue weighted by Gasteiger charge is -2.23. The molecule has 0 aliphatic heterocycles. The highest BCUT2D eigenvalue weighted by Crippen LogP contribution is 2.21. The van der Waals surface area contributed by atoms with Crippen molar-refractivity contribution in [3.8, 4) is 5.75 Å². The minimum atomic E-state index is 0.144. The van der Waals surface area contributed by atoms with Crippen molar-refractivity contribution < 1.29 is 4.74 Å². The molecule has 1 unspecified atom stereocenters. The molecule has 0 spiro atoms. The lowest BCUT2D eigenvalue weighted by atomic mass is 10.1. The molecule has 0 saturated carbocycles. The van der Waals surface area contributed by atoms with Crippen LogP contribution in [-0.2, 0) is 0 Å². The van der Waals surface area contributed by atoms with Gasteiger partial charge in [0.15, 0.2) is 5.96 Å². The van der Waals surface area contributed by atoms with Crippen molar-refractivity contribution >= 4 is 11.6 Å². The summed E-state index contributed by atoms with van der Waals surface area (Å²) in [6, 6.07) is 14.4. The summed E-state index contributed by atoms with van der Waals surface area (Å²) in [5, 5.41) is 3.18. The zero-order chi connectivity index (χ0) is 18.4. The molecule has 1 atom stereocenters. The Bertz CT molecular complexity index is 703. The number of methoxy groups -OCH3 is 1. The summed E-state index contributed by atoms with van der Waals surface area (Å²) >= 11 is 0. The van der Waals surface area contributed by atoms with Crippen LogP contribution in [0.4, 0.5) is 5.69 Å². The molecule has 0 radical (unpaired) electrons. The molecule has 134 valence electrons. The van der Waals surface area contributed by atoms with Crippen LogP contribution >= 0.6 is 0 Å².